The minimum atomic E-state index is -4.64. The van der Waals surface area contributed by atoms with Crippen LogP contribution in [0.2, 0.25) is 5.02 Å². The third-order valence-corrected chi connectivity index (χ3v) is 12.0. The molecule has 2 unspecified atom stereocenters. The molecule has 13 nitrogen and oxygen atoms in total. The van der Waals surface area contributed by atoms with Crippen molar-refractivity contribution < 1.29 is 32.3 Å². The molecule has 2 aromatic carbocycles. The zero-order chi connectivity index (χ0) is 40.6. The summed E-state index contributed by atoms with van der Waals surface area (Å²) in [5.41, 5.74) is -0.334. The van der Waals surface area contributed by atoms with E-state index < -0.39 is 46.9 Å². The molecule has 8 rings (SSSR count). The molecule has 0 saturated carbocycles. The van der Waals surface area contributed by atoms with Crippen LogP contribution >= 0.6 is 11.6 Å². The molecule has 298 valence electrons. The molecule has 3 aromatic heterocycles. The van der Waals surface area contributed by atoms with E-state index in [1.54, 1.807) is 22.5 Å². The van der Waals surface area contributed by atoms with Gasteiger partial charge < -0.3 is 19.9 Å². The van der Waals surface area contributed by atoms with Crippen LogP contribution in [0.1, 0.15) is 89.6 Å². The van der Waals surface area contributed by atoms with Crippen LogP contribution in [0.15, 0.2) is 47.5 Å². The highest BCUT2D eigenvalue weighted by atomic mass is 35.5. The predicted octanol–water partition coefficient (Wildman–Crippen LogP) is 6.26. The molecule has 2 amide bonds. The van der Waals surface area contributed by atoms with Crippen LogP contribution in [0, 0.1) is 12.7 Å². The summed E-state index contributed by atoms with van der Waals surface area (Å²) in [7, 11) is 1.99. The van der Waals surface area contributed by atoms with E-state index in [1.165, 1.54) is 12.4 Å². The lowest BCUT2D eigenvalue weighted by Crippen LogP contribution is -2.46. The number of likely N-dealkylation sites (tertiary alicyclic amines) is 2. The SMILES string of the molecule is Cc1ncnc(C(=O)N2CCC3(CC2)CC(C)c2c3c(=O)n3nc(-c4ccc(C5CCCN5C)cc4F)nc3n2CC(=O)Nc2ccc(C(F)(F)F)cc2Cl)c1O. The first-order valence-corrected chi connectivity index (χ1v) is 18.9. The number of hydrogen-bond donors (Lipinski definition) is 2. The van der Waals surface area contributed by atoms with Crippen LogP contribution in [0.25, 0.3) is 17.2 Å². The van der Waals surface area contributed by atoms with Crippen LogP contribution in [0.5, 0.6) is 5.75 Å². The molecule has 1 aliphatic carbocycles. The van der Waals surface area contributed by atoms with Crippen LogP contribution in [-0.2, 0) is 22.9 Å². The van der Waals surface area contributed by atoms with E-state index in [1.807, 2.05) is 20.0 Å². The fourth-order valence-corrected chi connectivity index (χ4v) is 9.11. The van der Waals surface area contributed by atoms with E-state index in [4.69, 9.17) is 11.6 Å². The van der Waals surface area contributed by atoms with Gasteiger partial charge in [-0.05, 0) is 94.4 Å². The molecule has 1 spiro atoms. The van der Waals surface area contributed by atoms with Gasteiger partial charge in [0.25, 0.3) is 11.5 Å². The van der Waals surface area contributed by atoms with E-state index in [2.05, 4.69) is 30.3 Å². The lowest BCUT2D eigenvalue weighted by atomic mass is 9.73. The van der Waals surface area contributed by atoms with Crippen molar-refractivity contribution in [2.45, 2.75) is 76.0 Å². The zero-order valence-electron chi connectivity index (χ0n) is 31.2. The fourth-order valence-electron chi connectivity index (χ4n) is 8.88. The maximum atomic E-state index is 15.9. The van der Waals surface area contributed by atoms with Gasteiger partial charge in [0.15, 0.2) is 17.3 Å². The second-order valence-electron chi connectivity index (χ2n) is 15.3. The Hall–Kier alpha value is -5.42. The monoisotopic (exact) mass is 807 g/mol. The second kappa shape index (κ2) is 14.2. The lowest BCUT2D eigenvalue weighted by Gasteiger charge is -2.39. The number of alkyl halides is 3. The van der Waals surface area contributed by atoms with Crippen LogP contribution < -0.4 is 10.9 Å². The third-order valence-electron chi connectivity index (χ3n) is 11.7. The average molecular weight is 808 g/mol. The first kappa shape index (κ1) is 38.5. The average Bonchev–Trinajstić information content (AvgIpc) is 3.87. The number of aryl methyl sites for hydroxylation is 1. The number of aromatic nitrogens is 6. The number of aromatic hydroxyl groups is 1. The number of carbonyl (C=O) groups is 2. The largest absolute Gasteiger partial charge is 0.504 e. The Kier molecular flexibility index (Phi) is 9.58. The number of benzene rings is 2. The molecule has 0 bridgehead atoms. The van der Waals surface area contributed by atoms with E-state index >= 15 is 4.39 Å². The van der Waals surface area contributed by atoms with Crippen molar-refractivity contribution in [3.63, 3.8) is 0 Å². The van der Waals surface area contributed by atoms with E-state index in [0.29, 0.717) is 30.5 Å². The number of amides is 2. The van der Waals surface area contributed by atoms with Gasteiger partial charge in [0.1, 0.15) is 18.7 Å². The number of carbonyl (C=O) groups excluding carboxylic acids is 2. The first-order valence-electron chi connectivity index (χ1n) is 18.6. The summed E-state index contributed by atoms with van der Waals surface area (Å²) in [6, 6.07) is 7.51. The Morgan fingerprint density at radius 2 is 1.84 bits per heavy atom. The number of hydrogen-bond acceptors (Lipinski definition) is 9. The minimum Gasteiger partial charge on any atom is -0.504 e. The smallest absolute Gasteiger partial charge is 0.416 e. The molecule has 18 heteroatoms. The van der Waals surface area contributed by atoms with Crippen molar-refractivity contribution in [1.82, 2.24) is 38.9 Å². The van der Waals surface area contributed by atoms with Gasteiger partial charge in [0.05, 0.1) is 27.5 Å². The van der Waals surface area contributed by atoms with E-state index in [9.17, 15) is 32.7 Å². The number of fused-ring (bicyclic) bond motifs is 3. The lowest BCUT2D eigenvalue weighted by molar-refractivity contribution is -0.137. The van der Waals surface area contributed by atoms with Gasteiger partial charge in [-0.15, -0.1) is 5.10 Å². The van der Waals surface area contributed by atoms with Gasteiger partial charge in [-0.1, -0.05) is 24.6 Å². The highest BCUT2D eigenvalue weighted by molar-refractivity contribution is 6.33. The third kappa shape index (κ3) is 6.69. The van der Waals surface area contributed by atoms with Crippen molar-refractivity contribution >= 4 is 34.9 Å². The summed E-state index contributed by atoms with van der Waals surface area (Å²) in [5.74, 6) is -2.40. The predicted molar refractivity (Wildman–Crippen MR) is 201 cm³/mol. The molecule has 3 aliphatic rings. The summed E-state index contributed by atoms with van der Waals surface area (Å²) in [6.45, 7) is 4.40. The quantitative estimate of drug-likeness (QED) is 0.190. The summed E-state index contributed by atoms with van der Waals surface area (Å²) < 4.78 is 58.5. The Bertz CT molecular complexity index is 2510. The molecule has 2 atom stereocenters. The van der Waals surface area contributed by atoms with Crippen molar-refractivity contribution in [1.29, 1.82) is 0 Å². The number of nitrogens with one attached hydrogen (secondary N) is 1. The Labute approximate surface area is 328 Å². The maximum absolute atomic E-state index is 15.9. The second-order valence-corrected chi connectivity index (χ2v) is 15.7. The van der Waals surface area contributed by atoms with Gasteiger partial charge in [-0.2, -0.15) is 22.7 Å². The standard InChI is InChI=1S/C39H38ClF4N9O4/c1-20-17-38(10-13-51(14-11-38)36(57)31-33(55)21(2)45-19-46-31)30-32(20)52(18-29(54)47-27-9-7-23(16-25(27)40)39(42,43)44)37-48-34(49-53(37)35(30)56)24-8-6-22(15-26(24)41)28-5-4-12-50(28)3/h6-9,15-16,19-20,28,55H,4-5,10-14,17-18H2,1-3H3,(H,47,54). The highest BCUT2D eigenvalue weighted by Gasteiger charge is 2.49. The number of nitrogens with zero attached hydrogens (tertiary/aromatic N) is 8. The zero-order valence-corrected chi connectivity index (χ0v) is 32.0. The molecule has 2 fully saturated rings. The number of anilines is 1. The molecule has 5 heterocycles. The van der Waals surface area contributed by atoms with Gasteiger partial charge in [-0.25, -0.2) is 14.4 Å². The van der Waals surface area contributed by atoms with Crippen LogP contribution in [0.4, 0.5) is 23.2 Å². The number of rotatable bonds is 6. The summed E-state index contributed by atoms with van der Waals surface area (Å²) in [4.78, 5) is 58.2. The van der Waals surface area contributed by atoms with Gasteiger partial charge in [-0.3, -0.25) is 19.3 Å². The topological polar surface area (TPSA) is 151 Å². The molecular formula is C39H38ClF4N9O4. The molecule has 5 aromatic rings. The molecule has 2 saturated heterocycles. The minimum absolute atomic E-state index is 0.0208. The normalized spacial score (nSPS) is 19.4. The Morgan fingerprint density at radius 3 is 2.51 bits per heavy atom. The molecule has 2 N–H and O–H groups in total. The number of piperidine rings is 1. The van der Waals surface area contributed by atoms with Crippen molar-refractivity contribution in [2.24, 2.45) is 0 Å². The van der Waals surface area contributed by atoms with Crippen LogP contribution in [0.3, 0.4) is 0 Å². The molecule has 0 radical (unpaired) electrons. The van der Waals surface area contributed by atoms with Crippen molar-refractivity contribution in [3.05, 3.63) is 97.7 Å². The Morgan fingerprint density at radius 1 is 1.09 bits per heavy atom. The molecular weight excluding hydrogens is 770 g/mol. The summed E-state index contributed by atoms with van der Waals surface area (Å²) >= 11 is 6.17. The van der Waals surface area contributed by atoms with Gasteiger partial charge in [0.2, 0.25) is 11.7 Å². The molecule has 2 aliphatic heterocycles. The van der Waals surface area contributed by atoms with E-state index in [-0.39, 0.29) is 70.1 Å². The van der Waals surface area contributed by atoms with E-state index in [0.717, 1.165) is 47.7 Å². The maximum Gasteiger partial charge on any atom is 0.416 e. The van der Waals surface area contributed by atoms with Gasteiger partial charge in [0, 0.05) is 35.8 Å². The molecule has 57 heavy (non-hydrogen) atoms. The summed E-state index contributed by atoms with van der Waals surface area (Å²) in [5, 5.41) is 17.3. The summed E-state index contributed by atoms with van der Waals surface area (Å²) in [6.07, 6.45) is -0.327. The van der Waals surface area contributed by atoms with Crippen molar-refractivity contribution in [2.75, 3.05) is 32.0 Å². The van der Waals surface area contributed by atoms with Crippen molar-refractivity contribution in [3.8, 4) is 17.1 Å². The van der Waals surface area contributed by atoms with Crippen LogP contribution in [-0.4, -0.2) is 82.5 Å². The van der Waals surface area contributed by atoms with Gasteiger partial charge >= 0.3 is 6.18 Å². The fraction of sp³-hybridized carbons (Fsp3) is 0.410. The Balaban J connectivity index is 1.19. The number of halogens is 5. The first-order chi connectivity index (χ1) is 27.1. The highest BCUT2D eigenvalue weighted by Crippen LogP contribution is 2.50.